The van der Waals surface area contributed by atoms with E-state index >= 15 is 0 Å². The first kappa shape index (κ1) is 37.1. The fourth-order valence-corrected chi connectivity index (χ4v) is 9.30. The number of amides is 2. The van der Waals surface area contributed by atoms with E-state index in [0.717, 1.165) is 25.9 Å². The quantitative estimate of drug-likeness (QED) is 0.216. The number of benzene rings is 3. The van der Waals surface area contributed by atoms with Crippen LogP contribution < -0.4 is 5.32 Å². The molecule has 2 amide bonds. The number of hydrogen-bond acceptors (Lipinski definition) is 6. The lowest BCUT2D eigenvalue weighted by molar-refractivity contribution is -0.139. The van der Waals surface area contributed by atoms with E-state index in [9.17, 15) is 32.7 Å². The number of carbonyl (C=O) groups excluding carboxylic acids is 3. The molecule has 0 radical (unpaired) electrons. The molecule has 3 aliphatic heterocycles. The number of nitrogens with zero attached hydrogens (tertiary/aromatic N) is 3. The van der Waals surface area contributed by atoms with Crippen LogP contribution in [0, 0.1) is 23.4 Å². The van der Waals surface area contributed by atoms with Crippen molar-refractivity contribution < 1.29 is 32.7 Å². The molecule has 3 atom stereocenters. The summed E-state index contributed by atoms with van der Waals surface area (Å²) in [6.07, 6.45) is 5.75. The summed E-state index contributed by atoms with van der Waals surface area (Å²) in [7, 11) is 0. The van der Waals surface area contributed by atoms with Crippen LogP contribution in [0.3, 0.4) is 0 Å². The SMILES string of the molecule is O=C=C1CCN([C@@H]2C[C@@H](O)CN2C(=O)CC(c2ccc(F)cc2)(c2ccc(F)cc2)c2ccc(F)cc2)[C@H]1C(=O)NCC1CCN(C2CCCC2)CC1. The van der Waals surface area contributed by atoms with Crippen LogP contribution in [-0.2, 0) is 19.8 Å². The molecule has 1 saturated carbocycles. The Labute approximate surface area is 308 Å². The molecule has 2 N–H and O–H groups in total. The summed E-state index contributed by atoms with van der Waals surface area (Å²) in [5, 5.41) is 14.1. The van der Waals surface area contributed by atoms with Crippen molar-refractivity contribution in [3.63, 3.8) is 0 Å². The molecule has 3 saturated heterocycles. The smallest absolute Gasteiger partial charge is 0.242 e. The fourth-order valence-electron chi connectivity index (χ4n) is 9.30. The number of piperidine rings is 1. The van der Waals surface area contributed by atoms with Crippen molar-refractivity contribution in [3.8, 4) is 0 Å². The normalized spacial score (nSPS) is 23.4. The monoisotopic (exact) mass is 728 g/mol. The summed E-state index contributed by atoms with van der Waals surface area (Å²) >= 11 is 0. The van der Waals surface area contributed by atoms with Gasteiger partial charge in [-0.25, -0.2) is 18.0 Å². The van der Waals surface area contributed by atoms with Crippen LogP contribution in [-0.4, -0.2) is 94.6 Å². The Morgan fingerprint density at radius 1 is 0.792 bits per heavy atom. The van der Waals surface area contributed by atoms with E-state index < -0.39 is 41.2 Å². The maximum Gasteiger partial charge on any atom is 0.242 e. The van der Waals surface area contributed by atoms with E-state index in [1.165, 1.54) is 62.1 Å². The van der Waals surface area contributed by atoms with E-state index in [2.05, 4.69) is 10.2 Å². The molecule has 4 aliphatic rings. The molecule has 0 aromatic heterocycles. The zero-order valence-corrected chi connectivity index (χ0v) is 29.9. The van der Waals surface area contributed by atoms with Crippen molar-refractivity contribution in [1.29, 1.82) is 0 Å². The minimum atomic E-state index is -1.31. The predicted molar refractivity (Wildman–Crippen MR) is 194 cm³/mol. The maximum atomic E-state index is 14.8. The average Bonchev–Trinajstić information content (AvgIpc) is 3.95. The van der Waals surface area contributed by atoms with Gasteiger partial charge in [0, 0.05) is 44.1 Å². The molecule has 4 fully saturated rings. The van der Waals surface area contributed by atoms with E-state index in [1.807, 2.05) is 10.8 Å². The van der Waals surface area contributed by atoms with Crippen LogP contribution in [0.1, 0.15) is 74.5 Å². The van der Waals surface area contributed by atoms with E-state index in [4.69, 9.17) is 0 Å². The average molecular weight is 729 g/mol. The first-order valence-electron chi connectivity index (χ1n) is 18.9. The van der Waals surface area contributed by atoms with Crippen LogP contribution in [0.15, 0.2) is 78.4 Å². The molecule has 0 bridgehead atoms. The Bertz CT molecular complexity index is 1690. The molecule has 3 aromatic rings. The lowest BCUT2D eigenvalue weighted by Crippen LogP contribution is -2.55. The molecule has 0 spiro atoms. The number of nitrogens with one attached hydrogen (secondary N) is 1. The number of carbonyl (C=O) groups is 2. The number of halogens is 3. The summed E-state index contributed by atoms with van der Waals surface area (Å²) in [4.78, 5) is 46.8. The van der Waals surface area contributed by atoms with Gasteiger partial charge in [-0.3, -0.25) is 14.5 Å². The Hall–Kier alpha value is -4.28. The van der Waals surface area contributed by atoms with Gasteiger partial charge in [-0.2, -0.15) is 0 Å². The van der Waals surface area contributed by atoms with Crippen LogP contribution >= 0.6 is 0 Å². The molecule has 0 unspecified atom stereocenters. The first-order valence-corrected chi connectivity index (χ1v) is 18.9. The lowest BCUT2D eigenvalue weighted by Gasteiger charge is -2.40. The van der Waals surface area contributed by atoms with E-state index in [0.29, 0.717) is 53.7 Å². The number of rotatable bonds is 10. The minimum Gasteiger partial charge on any atom is -0.391 e. The summed E-state index contributed by atoms with van der Waals surface area (Å²) in [6, 6.07) is 16.8. The van der Waals surface area contributed by atoms with Gasteiger partial charge in [0.05, 0.1) is 17.7 Å². The number of likely N-dealkylation sites (tertiary alicyclic amines) is 3. The molecular formula is C42H47F3N4O4. The number of hydrogen-bond donors (Lipinski definition) is 2. The van der Waals surface area contributed by atoms with Gasteiger partial charge in [-0.1, -0.05) is 49.2 Å². The van der Waals surface area contributed by atoms with Gasteiger partial charge in [-0.15, -0.1) is 0 Å². The highest BCUT2D eigenvalue weighted by Gasteiger charge is 2.48. The molecule has 8 nitrogen and oxygen atoms in total. The second kappa shape index (κ2) is 16.0. The van der Waals surface area contributed by atoms with Gasteiger partial charge in [0.15, 0.2) is 0 Å². The van der Waals surface area contributed by atoms with Crippen LogP contribution in [0.4, 0.5) is 13.2 Å². The number of aliphatic hydroxyl groups excluding tert-OH is 1. The third-order valence-electron chi connectivity index (χ3n) is 12.1. The van der Waals surface area contributed by atoms with Crippen molar-refractivity contribution in [2.24, 2.45) is 5.92 Å². The molecule has 3 heterocycles. The molecule has 7 rings (SSSR count). The molecule has 3 aromatic carbocycles. The standard InChI is InChI=1S/C42H47F3N4O4/c43-33-11-5-30(6-12-33)42(31-7-13-34(44)14-8-31,32-9-15-35(45)16-10-32)24-39(52)49-26-37(51)23-38(49)48-22-19-29(27-50)40(48)41(53)46-25-28-17-20-47(21-18-28)36-3-1-2-4-36/h5-16,28,36-38,40,51H,1-4,17-26H2,(H,46,53)/t37-,38+,40-/m1/s1. The highest BCUT2D eigenvalue weighted by atomic mass is 19.1. The molecule has 53 heavy (non-hydrogen) atoms. The highest BCUT2D eigenvalue weighted by Crippen LogP contribution is 2.44. The molecular weight excluding hydrogens is 681 g/mol. The zero-order chi connectivity index (χ0) is 37.1. The van der Waals surface area contributed by atoms with Crippen molar-refractivity contribution in [3.05, 3.63) is 113 Å². The van der Waals surface area contributed by atoms with Crippen LogP contribution in [0.2, 0.25) is 0 Å². The van der Waals surface area contributed by atoms with Crippen molar-refractivity contribution in [1.82, 2.24) is 20.0 Å². The first-order chi connectivity index (χ1) is 25.7. The third kappa shape index (κ3) is 7.71. The Morgan fingerprint density at radius 2 is 1.32 bits per heavy atom. The minimum absolute atomic E-state index is 0.0135. The summed E-state index contributed by atoms with van der Waals surface area (Å²) < 4.78 is 42.9. The summed E-state index contributed by atoms with van der Waals surface area (Å²) in [6.45, 7) is 2.85. The van der Waals surface area contributed by atoms with E-state index in [1.54, 1.807) is 41.3 Å². The van der Waals surface area contributed by atoms with Crippen molar-refractivity contribution in [2.45, 2.75) is 87.6 Å². The number of aliphatic hydroxyl groups is 1. The van der Waals surface area contributed by atoms with Crippen molar-refractivity contribution in [2.75, 3.05) is 32.7 Å². The van der Waals surface area contributed by atoms with Crippen LogP contribution in [0.25, 0.3) is 0 Å². The Kier molecular flexibility index (Phi) is 11.2. The van der Waals surface area contributed by atoms with Crippen molar-refractivity contribution >= 4 is 17.8 Å². The van der Waals surface area contributed by atoms with Gasteiger partial charge in [0.25, 0.3) is 0 Å². The largest absolute Gasteiger partial charge is 0.391 e. The summed E-state index contributed by atoms with van der Waals surface area (Å²) in [5.41, 5.74) is 0.583. The topological polar surface area (TPSA) is 93.2 Å². The lowest BCUT2D eigenvalue weighted by atomic mass is 9.67. The Morgan fingerprint density at radius 3 is 1.83 bits per heavy atom. The molecule has 11 heteroatoms. The third-order valence-corrected chi connectivity index (χ3v) is 12.1. The maximum absolute atomic E-state index is 14.8. The van der Waals surface area contributed by atoms with E-state index in [-0.39, 0.29) is 31.2 Å². The molecule has 1 aliphatic carbocycles. The van der Waals surface area contributed by atoms with Gasteiger partial charge in [0.2, 0.25) is 11.8 Å². The highest BCUT2D eigenvalue weighted by molar-refractivity contribution is 5.88. The van der Waals surface area contributed by atoms with Gasteiger partial charge < -0.3 is 20.2 Å². The number of β-amino-alcohol motifs (C(OH)–C–C–N with tert-alkyl or cyclic N) is 1. The zero-order valence-electron chi connectivity index (χ0n) is 29.9. The summed E-state index contributed by atoms with van der Waals surface area (Å²) in [5.74, 6) is 0.172. The van der Waals surface area contributed by atoms with Gasteiger partial charge in [-0.05, 0) is 104 Å². The van der Waals surface area contributed by atoms with Gasteiger partial charge in [0.1, 0.15) is 29.4 Å². The second-order valence-electron chi connectivity index (χ2n) is 15.2. The van der Waals surface area contributed by atoms with Crippen LogP contribution in [0.5, 0.6) is 0 Å². The fraction of sp³-hybridized carbons (Fsp3) is 0.476. The Balaban J connectivity index is 1.14. The van der Waals surface area contributed by atoms with Gasteiger partial charge >= 0.3 is 0 Å². The predicted octanol–water partition coefficient (Wildman–Crippen LogP) is 5.35. The molecule has 280 valence electrons. The second-order valence-corrected chi connectivity index (χ2v) is 15.2.